The third-order valence-electron chi connectivity index (χ3n) is 8.45. The van der Waals surface area contributed by atoms with E-state index in [1.54, 1.807) is 0 Å². The third-order valence-corrected chi connectivity index (χ3v) is 8.45. The predicted molar refractivity (Wildman–Crippen MR) is 182 cm³/mol. The molecular weight excluding hydrogens is 522 g/mol. The van der Waals surface area contributed by atoms with Gasteiger partial charge < -0.3 is 14.0 Å². The van der Waals surface area contributed by atoms with Crippen molar-refractivity contribution in [3.63, 3.8) is 0 Å². The van der Waals surface area contributed by atoms with Crippen LogP contribution in [0, 0.1) is 13.8 Å². The van der Waals surface area contributed by atoms with E-state index in [9.17, 15) is 0 Å². The summed E-state index contributed by atoms with van der Waals surface area (Å²) in [5.74, 6) is 0. The van der Waals surface area contributed by atoms with Gasteiger partial charge >= 0.3 is 0 Å². The molecule has 2 heterocycles. The molecule has 0 radical (unpaired) electrons. The molecule has 0 spiro atoms. The van der Waals surface area contributed by atoms with Gasteiger partial charge in [-0.15, -0.1) is 0 Å². The summed E-state index contributed by atoms with van der Waals surface area (Å²) in [7, 11) is 0. The zero-order valence-corrected chi connectivity index (χ0v) is 24.3. The molecule has 0 aliphatic carbocycles. The lowest BCUT2D eigenvalue weighted by Gasteiger charge is -2.26. The second kappa shape index (κ2) is 10.1. The monoisotopic (exact) mass is 553 g/mol. The van der Waals surface area contributed by atoms with Crippen LogP contribution < -0.4 is 4.90 Å². The maximum absolute atomic E-state index is 2.42. The molecule has 8 aromatic rings. The van der Waals surface area contributed by atoms with E-state index in [-0.39, 0.29) is 0 Å². The standard InChI is InChI=1S/C40H31N3/c1-28-15-20-32(21-16-28)42(33-22-17-29(2)18-23-33)34-11-8-12-35(27-34)43-37-14-7-6-13-36(37)39-38(43)24-19-30-25-26-41(40(30)39)31-9-4-3-5-10-31/h3-27H,1-2H3. The van der Waals surface area contributed by atoms with Gasteiger partial charge in [0.1, 0.15) is 0 Å². The normalized spacial score (nSPS) is 11.5. The molecule has 8 rings (SSSR count). The van der Waals surface area contributed by atoms with Crippen LogP contribution in [0.3, 0.4) is 0 Å². The minimum Gasteiger partial charge on any atom is -0.316 e. The van der Waals surface area contributed by atoms with Gasteiger partial charge in [0, 0.05) is 50.8 Å². The fourth-order valence-corrected chi connectivity index (χ4v) is 6.37. The Labute approximate surface area is 251 Å². The topological polar surface area (TPSA) is 13.1 Å². The highest BCUT2D eigenvalue weighted by atomic mass is 15.1. The minimum absolute atomic E-state index is 1.12. The molecule has 2 aromatic heterocycles. The summed E-state index contributed by atoms with van der Waals surface area (Å²) in [5, 5.41) is 3.75. The number of hydrogen-bond acceptors (Lipinski definition) is 1. The summed E-state index contributed by atoms with van der Waals surface area (Å²) in [4.78, 5) is 2.34. The number of rotatable bonds is 5. The van der Waals surface area contributed by atoms with Gasteiger partial charge in [-0.25, -0.2) is 0 Å². The largest absolute Gasteiger partial charge is 0.316 e. The summed E-state index contributed by atoms with van der Waals surface area (Å²) in [5.41, 5.74) is 11.8. The summed E-state index contributed by atoms with van der Waals surface area (Å²) in [6.45, 7) is 4.27. The van der Waals surface area contributed by atoms with E-state index in [0.717, 1.165) is 28.4 Å². The number of nitrogens with zero attached hydrogens (tertiary/aromatic N) is 3. The van der Waals surface area contributed by atoms with Gasteiger partial charge in [0.2, 0.25) is 0 Å². The smallest absolute Gasteiger partial charge is 0.0628 e. The third kappa shape index (κ3) is 4.21. The lowest BCUT2D eigenvalue weighted by atomic mass is 10.1. The molecule has 6 aromatic carbocycles. The van der Waals surface area contributed by atoms with Crippen LogP contribution in [0.2, 0.25) is 0 Å². The van der Waals surface area contributed by atoms with E-state index in [1.165, 1.54) is 43.8 Å². The lowest BCUT2D eigenvalue weighted by Crippen LogP contribution is -2.10. The van der Waals surface area contributed by atoms with E-state index >= 15 is 0 Å². The number of anilines is 3. The van der Waals surface area contributed by atoms with Gasteiger partial charge in [-0.2, -0.15) is 0 Å². The first-order valence-electron chi connectivity index (χ1n) is 14.8. The maximum atomic E-state index is 2.42. The highest BCUT2D eigenvalue weighted by Crippen LogP contribution is 2.40. The number of para-hydroxylation sites is 2. The molecule has 0 atom stereocenters. The van der Waals surface area contributed by atoms with Gasteiger partial charge in [0.15, 0.2) is 0 Å². The Bertz CT molecular complexity index is 2190. The Morgan fingerprint density at radius 1 is 0.488 bits per heavy atom. The first-order valence-corrected chi connectivity index (χ1v) is 14.8. The summed E-state index contributed by atoms with van der Waals surface area (Å²) in [6.07, 6.45) is 2.19. The van der Waals surface area contributed by atoms with Gasteiger partial charge in [-0.1, -0.05) is 83.9 Å². The first-order chi connectivity index (χ1) is 21.2. The molecule has 0 unspecified atom stereocenters. The molecule has 0 saturated heterocycles. The van der Waals surface area contributed by atoms with Crippen molar-refractivity contribution in [2.45, 2.75) is 13.8 Å². The van der Waals surface area contributed by atoms with E-state index < -0.39 is 0 Å². The van der Waals surface area contributed by atoms with Crippen molar-refractivity contribution in [1.82, 2.24) is 9.13 Å². The van der Waals surface area contributed by atoms with Crippen molar-refractivity contribution in [3.05, 3.63) is 163 Å². The zero-order chi connectivity index (χ0) is 28.9. The van der Waals surface area contributed by atoms with Crippen molar-refractivity contribution < 1.29 is 0 Å². The molecule has 0 N–H and O–H groups in total. The molecule has 206 valence electrons. The van der Waals surface area contributed by atoms with Gasteiger partial charge in [-0.05, 0) is 86.6 Å². The molecule has 3 heteroatoms. The Kier molecular flexibility index (Phi) is 5.90. The van der Waals surface area contributed by atoms with Crippen LogP contribution in [0.15, 0.2) is 152 Å². The van der Waals surface area contributed by atoms with E-state index in [0.29, 0.717) is 0 Å². The van der Waals surface area contributed by atoms with Gasteiger partial charge in [-0.3, -0.25) is 0 Å². The molecule has 0 aliphatic rings. The predicted octanol–water partition coefficient (Wildman–Crippen LogP) is 10.8. The van der Waals surface area contributed by atoms with Crippen LogP contribution >= 0.6 is 0 Å². The number of aromatic nitrogens is 2. The van der Waals surface area contributed by atoms with Crippen LogP contribution in [-0.2, 0) is 0 Å². The van der Waals surface area contributed by atoms with Gasteiger partial charge in [0.25, 0.3) is 0 Å². The molecule has 0 fully saturated rings. The quantitative estimate of drug-likeness (QED) is 0.207. The van der Waals surface area contributed by atoms with Crippen LogP contribution in [0.4, 0.5) is 17.1 Å². The highest BCUT2D eigenvalue weighted by molar-refractivity contribution is 6.20. The second-order valence-corrected chi connectivity index (χ2v) is 11.3. The molecule has 3 nitrogen and oxygen atoms in total. The van der Waals surface area contributed by atoms with E-state index in [1.807, 2.05) is 0 Å². The number of benzene rings is 6. The Morgan fingerprint density at radius 2 is 1.14 bits per heavy atom. The molecule has 43 heavy (non-hydrogen) atoms. The fraction of sp³-hybridized carbons (Fsp3) is 0.0500. The summed E-state index contributed by atoms with van der Waals surface area (Å²) in [6, 6.07) is 52.6. The first kappa shape index (κ1) is 25.2. The van der Waals surface area contributed by atoms with E-state index in [2.05, 4.69) is 180 Å². The summed E-state index contributed by atoms with van der Waals surface area (Å²) < 4.78 is 4.74. The average molecular weight is 554 g/mol. The Morgan fingerprint density at radius 3 is 1.86 bits per heavy atom. The van der Waals surface area contributed by atoms with E-state index in [4.69, 9.17) is 0 Å². The maximum Gasteiger partial charge on any atom is 0.0628 e. The van der Waals surface area contributed by atoms with Gasteiger partial charge in [0.05, 0.1) is 16.6 Å². The lowest BCUT2D eigenvalue weighted by molar-refractivity contribution is 1.13. The van der Waals surface area contributed by atoms with Crippen LogP contribution in [0.5, 0.6) is 0 Å². The zero-order valence-electron chi connectivity index (χ0n) is 24.3. The minimum atomic E-state index is 1.12. The number of hydrogen-bond donors (Lipinski definition) is 0. The Balaban J connectivity index is 1.38. The van der Waals surface area contributed by atoms with Crippen molar-refractivity contribution in [1.29, 1.82) is 0 Å². The molecule has 0 bridgehead atoms. The molecule has 0 aliphatic heterocycles. The van der Waals surface area contributed by atoms with Crippen LogP contribution in [0.1, 0.15) is 11.1 Å². The van der Waals surface area contributed by atoms with Crippen molar-refractivity contribution in [2.24, 2.45) is 0 Å². The van der Waals surface area contributed by atoms with Crippen molar-refractivity contribution in [2.75, 3.05) is 4.90 Å². The molecule has 0 amide bonds. The number of aryl methyl sites for hydroxylation is 2. The van der Waals surface area contributed by atoms with Crippen molar-refractivity contribution >= 4 is 49.8 Å². The second-order valence-electron chi connectivity index (χ2n) is 11.3. The Hall–Kier alpha value is -5.54. The number of fused-ring (bicyclic) bond motifs is 5. The molecular formula is C40H31N3. The summed E-state index contributed by atoms with van der Waals surface area (Å²) >= 11 is 0. The van der Waals surface area contributed by atoms with Crippen LogP contribution in [0.25, 0.3) is 44.1 Å². The van der Waals surface area contributed by atoms with Crippen LogP contribution in [-0.4, -0.2) is 9.13 Å². The van der Waals surface area contributed by atoms with Crippen molar-refractivity contribution in [3.8, 4) is 11.4 Å². The SMILES string of the molecule is Cc1ccc(N(c2ccc(C)cc2)c2cccc(-n3c4ccccc4c4c5c(ccc43)ccn5-c3ccccc3)c2)cc1. The fourth-order valence-electron chi connectivity index (χ4n) is 6.37. The average Bonchev–Trinajstić information content (AvgIpc) is 3.63. The molecule has 0 saturated carbocycles. The highest BCUT2D eigenvalue weighted by Gasteiger charge is 2.19.